The molecule has 0 saturated carbocycles. The highest BCUT2D eigenvalue weighted by molar-refractivity contribution is 8.02. The van der Waals surface area contributed by atoms with Crippen LogP contribution in [0.5, 0.6) is 0 Å². The lowest BCUT2D eigenvalue weighted by atomic mass is 10.2. The average molecular weight is 558 g/mol. The molecule has 0 atom stereocenters. The van der Waals surface area contributed by atoms with Crippen molar-refractivity contribution < 1.29 is 9.59 Å². The zero-order valence-corrected chi connectivity index (χ0v) is 22.6. The quantitative estimate of drug-likeness (QED) is 0.227. The summed E-state index contributed by atoms with van der Waals surface area (Å²) in [6, 6.07) is 18.2. The predicted octanol–water partition coefficient (Wildman–Crippen LogP) is 7.02. The Labute approximate surface area is 227 Å². The van der Waals surface area contributed by atoms with Gasteiger partial charge in [-0.25, -0.2) is 9.97 Å². The Bertz CT molecular complexity index is 1340. The summed E-state index contributed by atoms with van der Waals surface area (Å²) < 4.78 is 0. The molecule has 3 aromatic carbocycles. The van der Waals surface area contributed by atoms with E-state index < -0.39 is 0 Å². The molecule has 184 valence electrons. The van der Waals surface area contributed by atoms with Crippen molar-refractivity contribution in [3.05, 3.63) is 81.8 Å². The fraction of sp³-hybridized carbons (Fsp3) is 0.154. The fourth-order valence-electron chi connectivity index (χ4n) is 3.28. The van der Waals surface area contributed by atoms with E-state index >= 15 is 0 Å². The number of hydrogen-bond acceptors (Lipinski definition) is 6. The van der Waals surface area contributed by atoms with Crippen molar-refractivity contribution in [1.29, 1.82) is 0 Å². The Morgan fingerprint density at radius 1 is 0.694 bits per heavy atom. The van der Waals surface area contributed by atoms with Gasteiger partial charge in [0.1, 0.15) is 10.1 Å². The number of nitrogens with zero attached hydrogens (tertiary/aromatic N) is 2. The maximum Gasteiger partial charge on any atom is 0.234 e. The molecular formula is C26H22Cl2N4O2S2. The van der Waals surface area contributed by atoms with Crippen LogP contribution in [0.1, 0.15) is 11.1 Å². The van der Waals surface area contributed by atoms with Crippen molar-refractivity contribution in [2.45, 2.75) is 23.9 Å². The second kappa shape index (κ2) is 12.0. The zero-order chi connectivity index (χ0) is 25.7. The molecule has 4 aromatic rings. The van der Waals surface area contributed by atoms with E-state index in [1.54, 1.807) is 36.4 Å². The lowest BCUT2D eigenvalue weighted by Crippen LogP contribution is -2.16. The average Bonchev–Trinajstić information content (AvgIpc) is 2.86. The smallest absolute Gasteiger partial charge is 0.234 e. The maximum atomic E-state index is 12.6. The second-order valence-corrected chi connectivity index (χ2v) is 10.6. The molecule has 10 heteroatoms. The molecule has 0 unspecified atom stereocenters. The van der Waals surface area contributed by atoms with Gasteiger partial charge in [0.15, 0.2) is 0 Å². The number of hydrogen-bond donors (Lipinski definition) is 2. The first-order valence-corrected chi connectivity index (χ1v) is 13.7. The first-order chi connectivity index (χ1) is 17.3. The van der Waals surface area contributed by atoms with Gasteiger partial charge in [0, 0.05) is 21.4 Å². The van der Waals surface area contributed by atoms with Gasteiger partial charge in [-0.05, 0) is 61.4 Å². The highest BCUT2D eigenvalue weighted by Crippen LogP contribution is 2.31. The molecule has 0 bridgehead atoms. The lowest BCUT2D eigenvalue weighted by Gasteiger charge is -2.12. The van der Waals surface area contributed by atoms with Gasteiger partial charge in [0.2, 0.25) is 11.8 Å². The summed E-state index contributed by atoms with van der Waals surface area (Å²) in [5, 5.41) is 8.13. The Morgan fingerprint density at radius 2 is 1.11 bits per heavy atom. The molecule has 36 heavy (non-hydrogen) atoms. The summed E-state index contributed by atoms with van der Waals surface area (Å²) >= 11 is 14.9. The molecule has 4 rings (SSSR count). The normalized spacial score (nSPS) is 10.9. The van der Waals surface area contributed by atoms with Crippen LogP contribution < -0.4 is 10.6 Å². The van der Waals surface area contributed by atoms with Crippen molar-refractivity contribution in [3.63, 3.8) is 0 Å². The number of carbonyl (C=O) groups excluding carboxylic acids is 2. The third-order valence-electron chi connectivity index (χ3n) is 5.27. The van der Waals surface area contributed by atoms with E-state index in [2.05, 4.69) is 10.6 Å². The minimum Gasteiger partial charge on any atom is -0.325 e. The predicted molar refractivity (Wildman–Crippen MR) is 151 cm³/mol. The molecule has 1 heterocycles. The van der Waals surface area contributed by atoms with Crippen molar-refractivity contribution in [1.82, 2.24) is 9.97 Å². The summed E-state index contributed by atoms with van der Waals surface area (Å²) in [4.78, 5) is 34.7. The SMILES string of the molecule is Cc1c(Cl)cccc1NC(=O)CSc1nc2ccccc2nc1SCC(=O)Nc1cccc(Cl)c1C. The first-order valence-electron chi connectivity index (χ1n) is 10.9. The van der Waals surface area contributed by atoms with Crippen LogP contribution >= 0.6 is 46.7 Å². The Kier molecular flexibility index (Phi) is 8.74. The van der Waals surface area contributed by atoms with Crippen LogP contribution in [-0.4, -0.2) is 33.3 Å². The number of anilines is 2. The number of nitrogens with one attached hydrogen (secondary N) is 2. The maximum absolute atomic E-state index is 12.6. The van der Waals surface area contributed by atoms with E-state index in [1.165, 1.54) is 23.5 Å². The van der Waals surface area contributed by atoms with Crippen LogP contribution in [0.2, 0.25) is 10.0 Å². The van der Waals surface area contributed by atoms with E-state index in [4.69, 9.17) is 33.2 Å². The first kappa shape index (κ1) is 26.3. The van der Waals surface area contributed by atoms with Crippen LogP contribution in [0.25, 0.3) is 11.0 Å². The molecule has 1 aromatic heterocycles. The van der Waals surface area contributed by atoms with Gasteiger partial charge in [-0.15, -0.1) is 0 Å². The lowest BCUT2D eigenvalue weighted by molar-refractivity contribution is -0.114. The molecule has 0 aliphatic rings. The van der Waals surface area contributed by atoms with Crippen molar-refractivity contribution in [2.75, 3.05) is 22.1 Å². The number of benzene rings is 3. The van der Waals surface area contributed by atoms with E-state index in [0.717, 1.165) is 22.2 Å². The summed E-state index contributed by atoms with van der Waals surface area (Å²) in [5.74, 6) is -0.128. The van der Waals surface area contributed by atoms with Gasteiger partial charge in [0.25, 0.3) is 0 Å². The van der Waals surface area contributed by atoms with Crippen molar-refractivity contribution >= 4 is 80.9 Å². The van der Waals surface area contributed by atoms with Crippen LogP contribution in [-0.2, 0) is 9.59 Å². The number of rotatable bonds is 8. The molecule has 2 amide bonds. The largest absolute Gasteiger partial charge is 0.325 e. The van der Waals surface area contributed by atoms with E-state index in [9.17, 15) is 9.59 Å². The van der Waals surface area contributed by atoms with Gasteiger partial charge in [-0.1, -0.05) is 71.0 Å². The summed E-state index contributed by atoms with van der Waals surface area (Å²) in [6.07, 6.45) is 0. The van der Waals surface area contributed by atoms with Crippen LogP contribution in [0, 0.1) is 13.8 Å². The Morgan fingerprint density at radius 3 is 1.53 bits per heavy atom. The fourth-order valence-corrected chi connectivity index (χ4v) is 5.33. The third kappa shape index (κ3) is 6.50. The van der Waals surface area contributed by atoms with Crippen molar-refractivity contribution in [2.24, 2.45) is 0 Å². The molecule has 2 N–H and O–H groups in total. The monoisotopic (exact) mass is 556 g/mol. The minimum absolute atomic E-state index is 0.125. The van der Waals surface area contributed by atoms with Gasteiger partial charge >= 0.3 is 0 Å². The number of thioether (sulfide) groups is 2. The number of para-hydroxylation sites is 2. The number of fused-ring (bicyclic) bond motifs is 1. The molecule has 0 spiro atoms. The van der Waals surface area contributed by atoms with Gasteiger partial charge in [-0.3, -0.25) is 9.59 Å². The third-order valence-corrected chi connectivity index (χ3v) is 8.15. The number of carbonyl (C=O) groups is 2. The molecule has 0 saturated heterocycles. The number of halogens is 2. The Balaban J connectivity index is 1.47. The van der Waals surface area contributed by atoms with Crippen molar-refractivity contribution in [3.8, 4) is 0 Å². The number of amides is 2. The molecule has 0 aliphatic heterocycles. The second-order valence-electron chi connectivity index (χ2n) is 7.82. The van der Waals surface area contributed by atoms with Crippen LogP contribution in [0.3, 0.4) is 0 Å². The van der Waals surface area contributed by atoms with E-state index in [0.29, 0.717) is 31.5 Å². The topological polar surface area (TPSA) is 84.0 Å². The molecule has 0 radical (unpaired) electrons. The van der Waals surface area contributed by atoms with Gasteiger partial charge in [-0.2, -0.15) is 0 Å². The summed E-state index contributed by atoms with van der Waals surface area (Å²) in [7, 11) is 0. The number of aromatic nitrogens is 2. The van der Waals surface area contributed by atoms with Gasteiger partial charge in [0.05, 0.1) is 22.5 Å². The summed E-state index contributed by atoms with van der Waals surface area (Å²) in [5.41, 5.74) is 4.38. The minimum atomic E-state index is -0.189. The molecular weight excluding hydrogens is 535 g/mol. The molecule has 0 fully saturated rings. The molecule has 6 nitrogen and oxygen atoms in total. The highest BCUT2D eigenvalue weighted by Gasteiger charge is 2.16. The standard InChI is InChI=1S/C26H22Cl2N4O2S2/c1-15-17(27)7-5-11-19(15)29-23(33)13-35-25-26(32-22-10-4-3-9-21(22)31-25)36-14-24(34)30-20-12-6-8-18(28)16(20)2/h3-12H,13-14H2,1-2H3,(H,29,33)(H,30,34). The van der Waals surface area contributed by atoms with E-state index in [-0.39, 0.29) is 23.3 Å². The zero-order valence-electron chi connectivity index (χ0n) is 19.5. The Hall–Kier alpha value is -2.78. The highest BCUT2D eigenvalue weighted by atomic mass is 35.5. The summed E-state index contributed by atoms with van der Waals surface area (Å²) in [6.45, 7) is 3.70. The molecule has 0 aliphatic carbocycles. The van der Waals surface area contributed by atoms with Crippen LogP contribution in [0.4, 0.5) is 11.4 Å². The van der Waals surface area contributed by atoms with Gasteiger partial charge < -0.3 is 10.6 Å². The van der Waals surface area contributed by atoms with Crippen LogP contribution in [0.15, 0.2) is 70.7 Å². The van der Waals surface area contributed by atoms with E-state index in [1.807, 2.05) is 38.1 Å².